The van der Waals surface area contributed by atoms with Crippen molar-refractivity contribution in [3.63, 3.8) is 0 Å². The van der Waals surface area contributed by atoms with Gasteiger partial charge in [-0.25, -0.2) is 0 Å². The summed E-state index contributed by atoms with van der Waals surface area (Å²) in [5.74, 6) is 0.850. The maximum absolute atomic E-state index is 12.1. The summed E-state index contributed by atoms with van der Waals surface area (Å²) < 4.78 is 24.3. The van der Waals surface area contributed by atoms with E-state index in [0.717, 1.165) is 25.2 Å². The summed E-state index contributed by atoms with van der Waals surface area (Å²) >= 11 is 0. The molecule has 0 nitrogen and oxygen atoms in total. The van der Waals surface area contributed by atoms with Crippen LogP contribution in [-0.4, -0.2) is 0 Å². The largest absolute Gasteiger partial charge is 0.266 e. The van der Waals surface area contributed by atoms with Crippen molar-refractivity contribution in [2.75, 3.05) is 0 Å². The Morgan fingerprint density at radius 3 is 2.00 bits per heavy atom. The number of hydrogen-bond acceptors (Lipinski definition) is 0. The molecule has 0 aliphatic heterocycles. The normalized spacial score (nSPS) is 39.7. The Labute approximate surface area is 71.7 Å². The van der Waals surface area contributed by atoms with Crippen LogP contribution in [0.3, 0.4) is 0 Å². The van der Waals surface area contributed by atoms with Gasteiger partial charge in [-0.15, -0.1) is 0 Å². The van der Waals surface area contributed by atoms with E-state index >= 15 is 0 Å². The van der Waals surface area contributed by atoms with Crippen molar-refractivity contribution in [3.05, 3.63) is 12.2 Å². The quantitative estimate of drug-likeness (QED) is 0.565. The summed E-state index contributed by atoms with van der Waals surface area (Å²) in [4.78, 5) is 0. The van der Waals surface area contributed by atoms with E-state index in [9.17, 15) is 8.78 Å². The lowest BCUT2D eigenvalue weighted by molar-refractivity contribution is 0.105. The highest BCUT2D eigenvalue weighted by atomic mass is 19.3. The van der Waals surface area contributed by atoms with Gasteiger partial charge in [-0.2, -0.15) is 8.78 Å². The Hall–Kier alpha value is -0.400. The Morgan fingerprint density at radius 2 is 1.58 bits per heavy atom. The van der Waals surface area contributed by atoms with E-state index in [2.05, 4.69) is 0 Å². The molecular weight excluding hydrogens is 158 g/mol. The van der Waals surface area contributed by atoms with Crippen molar-refractivity contribution in [2.45, 2.75) is 38.5 Å². The van der Waals surface area contributed by atoms with Crippen LogP contribution in [-0.2, 0) is 0 Å². The number of hydrogen-bond donors (Lipinski definition) is 0. The van der Waals surface area contributed by atoms with Gasteiger partial charge >= 0.3 is 0 Å². The number of fused-ring (bicyclic) bond motifs is 3. The Morgan fingerprint density at radius 1 is 1.08 bits per heavy atom. The monoisotopic (exact) mass is 172 g/mol. The van der Waals surface area contributed by atoms with E-state index < -0.39 is 6.08 Å². The van der Waals surface area contributed by atoms with Crippen LogP contribution in [0.1, 0.15) is 38.5 Å². The first-order valence-corrected chi connectivity index (χ1v) is 4.74. The van der Waals surface area contributed by atoms with Gasteiger partial charge in [-0.3, -0.25) is 0 Å². The summed E-state index contributed by atoms with van der Waals surface area (Å²) in [5, 5.41) is 0. The summed E-state index contributed by atoms with van der Waals surface area (Å²) in [6.07, 6.45) is 6.24. The third kappa shape index (κ3) is 1.39. The summed E-state index contributed by atoms with van der Waals surface area (Å²) in [6, 6.07) is 0. The van der Waals surface area contributed by atoms with E-state index in [0.29, 0.717) is 0 Å². The molecule has 3 fully saturated rings. The second-order valence-corrected chi connectivity index (χ2v) is 4.28. The lowest BCUT2D eigenvalue weighted by Crippen LogP contribution is -2.32. The van der Waals surface area contributed by atoms with Crippen LogP contribution in [0.2, 0.25) is 0 Å². The standard InChI is InChI=1S/C10H14F2/c11-9(12)7-10-4-1-8(2-5-10)3-6-10/h7-8H,1-6H2. The number of rotatable bonds is 1. The molecule has 3 aliphatic rings. The highest BCUT2D eigenvalue weighted by Gasteiger charge is 2.39. The topological polar surface area (TPSA) is 0 Å². The summed E-state index contributed by atoms with van der Waals surface area (Å²) in [7, 11) is 0. The molecule has 0 heterocycles. The lowest BCUT2D eigenvalue weighted by Gasteiger charge is -2.44. The third-order valence-electron chi connectivity index (χ3n) is 3.57. The van der Waals surface area contributed by atoms with Crippen LogP contribution < -0.4 is 0 Å². The van der Waals surface area contributed by atoms with Gasteiger partial charge in [0.1, 0.15) is 0 Å². The Kier molecular flexibility index (Phi) is 1.93. The van der Waals surface area contributed by atoms with E-state index in [1.807, 2.05) is 0 Å². The van der Waals surface area contributed by atoms with Crippen molar-refractivity contribution in [1.29, 1.82) is 0 Å². The van der Waals surface area contributed by atoms with Gasteiger partial charge in [0.25, 0.3) is 6.08 Å². The molecule has 0 atom stereocenters. The zero-order valence-electron chi connectivity index (χ0n) is 7.15. The zero-order chi connectivity index (χ0) is 8.60. The van der Waals surface area contributed by atoms with Crippen LogP contribution in [0.15, 0.2) is 12.2 Å². The molecule has 3 saturated carbocycles. The van der Waals surface area contributed by atoms with Gasteiger partial charge in [0.05, 0.1) is 0 Å². The van der Waals surface area contributed by atoms with Gasteiger partial charge in [0.2, 0.25) is 0 Å². The molecule has 0 amide bonds. The summed E-state index contributed by atoms with van der Waals surface area (Å²) in [5.41, 5.74) is -0.104. The van der Waals surface area contributed by atoms with Gasteiger partial charge in [0, 0.05) is 0 Å². The van der Waals surface area contributed by atoms with Crippen LogP contribution >= 0.6 is 0 Å². The number of halogens is 2. The average Bonchev–Trinajstić information content (AvgIpc) is 2.05. The second kappa shape index (κ2) is 2.82. The fourth-order valence-electron chi connectivity index (χ4n) is 2.73. The molecule has 68 valence electrons. The molecule has 2 heteroatoms. The van der Waals surface area contributed by atoms with Crippen LogP contribution in [0.25, 0.3) is 0 Å². The van der Waals surface area contributed by atoms with E-state index in [-0.39, 0.29) is 5.41 Å². The van der Waals surface area contributed by atoms with Crippen molar-refractivity contribution < 1.29 is 8.78 Å². The van der Waals surface area contributed by atoms with Gasteiger partial charge in [-0.1, -0.05) is 0 Å². The maximum atomic E-state index is 12.1. The van der Waals surface area contributed by atoms with Gasteiger partial charge < -0.3 is 0 Å². The molecule has 0 saturated heterocycles. The molecule has 2 bridgehead atoms. The lowest BCUT2D eigenvalue weighted by atomic mass is 9.61. The highest BCUT2D eigenvalue weighted by Crippen LogP contribution is 2.51. The molecule has 0 N–H and O–H groups in total. The molecule has 0 spiro atoms. The summed E-state index contributed by atoms with van der Waals surface area (Å²) in [6.45, 7) is 0. The first kappa shape index (κ1) is 8.21. The maximum Gasteiger partial charge on any atom is 0.266 e. The zero-order valence-corrected chi connectivity index (χ0v) is 7.15. The first-order chi connectivity index (χ1) is 5.70. The van der Waals surface area contributed by atoms with E-state index in [4.69, 9.17) is 0 Å². The predicted molar refractivity (Wildman–Crippen MR) is 43.9 cm³/mol. The fourth-order valence-corrected chi connectivity index (χ4v) is 2.73. The number of allylic oxidation sites excluding steroid dienone is 1. The first-order valence-electron chi connectivity index (χ1n) is 4.74. The molecule has 0 aromatic rings. The van der Waals surface area contributed by atoms with Crippen LogP contribution in [0.4, 0.5) is 8.78 Å². The average molecular weight is 172 g/mol. The van der Waals surface area contributed by atoms with E-state index in [1.165, 1.54) is 25.3 Å². The van der Waals surface area contributed by atoms with Crippen LogP contribution in [0.5, 0.6) is 0 Å². The Balaban J connectivity index is 2.14. The SMILES string of the molecule is FC(F)=CC12CCC(CC1)CC2. The molecule has 3 aliphatic carbocycles. The Bertz CT molecular complexity index is 182. The predicted octanol–water partition coefficient (Wildman–Crippen LogP) is 3.74. The van der Waals surface area contributed by atoms with E-state index in [1.54, 1.807) is 0 Å². The van der Waals surface area contributed by atoms with Crippen LogP contribution in [0, 0.1) is 11.3 Å². The minimum absolute atomic E-state index is 0.104. The van der Waals surface area contributed by atoms with Gasteiger partial charge in [-0.05, 0) is 55.9 Å². The minimum Gasteiger partial charge on any atom is -0.174 e. The second-order valence-electron chi connectivity index (χ2n) is 4.28. The van der Waals surface area contributed by atoms with Crippen molar-refractivity contribution in [1.82, 2.24) is 0 Å². The smallest absolute Gasteiger partial charge is 0.174 e. The van der Waals surface area contributed by atoms with Crippen molar-refractivity contribution in [3.8, 4) is 0 Å². The van der Waals surface area contributed by atoms with Crippen molar-refractivity contribution >= 4 is 0 Å². The molecule has 0 aromatic heterocycles. The molecule has 0 unspecified atom stereocenters. The highest BCUT2D eigenvalue weighted by molar-refractivity contribution is 5.05. The fraction of sp³-hybridized carbons (Fsp3) is 0.800. The minimum atomic E-state index is -1.48. The molecule has 3 rings (SSSR count). The third-order valence-corrected chi connectivity index (χ3v) is 3.57. The molecule has 0 radical (unpaired) electrons. The van der Waals surface area contributed by atoms with Crippen molar-refractivity contribution in [2.24, 2.45) is 11.3 Å². The molecule has 0 aromatic carbocycles. The van der Waals surface area contributed by atoms with Gasteiger partial charge in [0.15, 0.2) is 0 Å². The molecular formula is C10H14F2. The molecule has 12 heavy (non-hydrogen) atoms.